The van der Waals surface area contributed by atoms with E-state index in [0.717, 1.165) is 5.69 Å². The van der Waals surface area contributed by atoms with Crippen molar-refractivity contribution in [1.29, 1.82) is 0 Å². The Kier molecular flexibility index (Phi) is 5.38. The molecule has 1 amide bonds. The fourth-order valence-corrected chi connectivity index (χ4v) is 2.23. The normalized spacial score (nSPS) is 11.8. The number of aryl methyl sites for hydroxylation is 1. The fraction of sp³-hybridized carbons (Fsp3) is 0.267. The van der Waals surface area contributed by atoms with Gasteiger partial charge in [-0.3, -0.25) is 9.59 Å². The van der Waals surface area contributed by atoms with Crippen molar-refractivity contribution in [2.24, 2.45) is 0 Å². The first-order valence-electron chi connectivity index (χ1n) is 6.75. The maximum atomic E-state index is 11.9. The number of aliphatic carboxylic acids is 1. The second-order valence-electron chi connectivity index (χ2n) is 4.90. The van der Waals surface area contributed by atoms with Crippen LogP contribution in [0.5, 0.6) is 5.75 Å². The molecule has 0 radical (unpaired) electrons. The second kappa shape index (κ2) is 7.28. The van der Waals surface area contributed by atoms with E-state index in [9.17, 15) is 9.59 Å². The number of nitrogens with one attached hydrogen (secondary N) is 1. The van der Waals surface area contributed by atoms with E-state index in [1.54, 1.807) is 24.3 Å². The van der Waals surface area contributed by atoms with E-state index in [-0.39, 0.29) is 6.61 Å². The van der Waals surface area contributed by atoms with Crippen molar-refractivity contribution in [2.45, 2.75) is 26.5 Å². The number of carbonyl (C=O) groups is 2. The lowest BCUT2D eigenvalue weighted by molar-refractivity contribution is -0.138. The summed E-state index contributed by atoms with van der Waals surface area (Å²) in [7, 11) is 0. The second-order valence-corrected chi connectivity index (χ2v) is 5.76. The van der Waals surface area contributed by atoms with Gasteiger partial charge in [-0.15, -0.1) is 0 Å². The molecule has 122 valence electrons. The molecule has 8 heteroatoms. The summed E-state index contributed by atoms with van der Waals surface area (Å²) in [5.74, 6) is -0.453. The molecule has 0 spiro atoms. The van der Waals surface area contributed by atoms with Crippen molar-refractivity contribution >= 4 is 27.8 Å². The molecule has 1 unspecified atom stereocenters. The quantitative estimate of drug-likeness (QED) is 0.795. The highest BCUT2D eigenvalue weighted by Crippen LogP contribution is 2.27. The van der Waals surface area contributed by atoms with Crippen LogP contribution in [0.4, 0.5) is 0 Å². The number of hydrogen-bond donors (Lipinski definition) is 2. The summed E-state index contributed by atoms with van der Waals surface area (Å²) in [5, 5.41) is 14.9. The van der Waals surface area contributed by atoms with Gasteiger partial charge in [0.05, 0.1) is 10.2 Å². The Bertz CT molecular complexity index is 728. The van der Waals surface area contributed by atoms with Crippen molar-refractivity contribution in [3.63, 3.8) is 0 Å². The predicted molar refractivity (Wildman–Crippen MR) is 84.3 cm³/mol. The average molecular weight is 383 g/mol. The van der Waals surface area contributed by atoms with E-state index >= 15 is 0 Å². The van der Waals surface area contributed by atoms with Gasteiger partial charge in [-0.25, -0.2) is 0 Å². The Balaban J connectivity index is 2.02. The van der Waals surface area contributed by atoms with Gasteiger partial charge in [0.25, 0.3) is 5.91 Å². The molecule has 0 saturated carbocycles. The van der Waals surface area contributed by atoms with E-state index in [0.29, 0.717) is 21.5 Å². The smallest absolute Gasteiger partial charge is 0.325 e. The first kappa shape index (κ1) is 17.0. The fourth-order valence-electron chi connectivity index (χ4n) is 1.73. The monoisotopic (exact) mass is 382 g/mol. The molecule has 2 aromatic rings. The highest BCUT2D eigenvalue weighted by Gasteiger charge is 2.16. The van der Waals surface area contributed by atoms with E-state index < -0.39 is 17.9 Å². The van der Waals surface area contributed by atoms with Crippen LogP contribution in [0.2, 0.25) is 0 Å². The van der Waals surface area contributed by atoms with Gasteiger partial charge >= 0.3 is 5.97 Å². The van der Waals surface area contributed by atoms with Crippen LogP contribution in [0.25, 0.3) is 0 Å². The molecule has 2 rings (SSSR count). The number of carboxylic acids is 1. The molecule has 1 aromatic heterocycles. The Hall–Kier alpha value is -2.35. The van der Waals surface area contributed by atoms with Crippen LogP contribution >= 0.6 is 15.9 Å². The minimum Gasteiger partial charge on any atom is -0.484 e. The van der Waals surface area contributed by atoms with E-state index in [1.807, 2.05) is 6.92 Å². The lowest BCUT2D eigenvalue weighted by Crippen LogP contribution is -2.38. The molecule has 0 aliphatic heterocycles. The summed E-state index contributed by atoms with van der Waals surface area (Å²) >= 11 is 3.32. The Morgan fingerprint density at radius 2 is 2.17 bits per heavy atom. The van der Waals surface area contributed by atoms with Gasteiger partial charge < -0.3 is 19.7 Å². The molecular formula is C15H15BrN2O5. The third kappa shape index (κ3) is 4.56. The third-order valence-corrected chi connectivity index (χ3v) is 3.58. The number of carbonyl (C=O) groups excluding carboxylic acids is 1. The van der Waals surface area contributed by atoms with Crippen molar-refractivity contribution in [1.82, 2.24) is 10.5 Å². The van der Waals surface area contributed by atoms with Gasteiger partial charge in [0, 0.05) is 11.6 Å². The van der Waals surface area contributed by atoms with Crippen LogP contribution in [0.15, 0.2) is 33.3 Å². The number of amides is 1. The van der Waals surface area contributed by atoms with Gasteiger partial charge in [-0.2, -0.15) is 0 Å². The number of benzene rings is 1. The molecule has 1 heterocycles. The first-order chi connectivity index (χ1) is 10.9. The van der Waals surface area contributed by atoms with Crippen molar-refractivity contribution in [2.75, 3.05) is 0 Å². The van der Waals surface area contributed by atoms with E-state index in [1.165, 1.54) is 6.92 Å². The first-order valence-corrected chi connectivity index (χ1v) is 7.54. The number of nitrogens with zero attached hydrogens (tertiary/aromatic N) is 1. The molecule has 1 aromatic carbocycles. The number of ether oxygens (including phenoxy) is 1. The summed E-state index contributed by atoms with van der Waals surface area (Å²) in [4.78, 5) is 22.7. The van der Waals surface area contributed by atoms with Crippen molar-refractivity contribution < 1.29 is 24.0 Å². The minimum absolute atomic E-state index is 0.209. The van der Waals surface area contributed by atoms with Gasteiger partial charge in [0.1, 0.15) is 18.4 Å². The van der Waals surface area contributed by atoms with Crippen LogP contribution in [-0.2, 0) is 11.4 Å². The number of rotatable bonds is 6. The third-order valence-electron chi connectivity index (χ3n) is 2.96. The molecule has 7 nitrogen and oxygen atoms in total. The lowest BCUT2D eigenvalue weighted by atomic mass is 10.2. The van der Waals surface area contributed by atoms with Gasteiger partial charge in [-0.1, -0.05) is 5.16 Å². The van der Waals surface area contributed by atoms with E-state index in [2.05, 4.69) is 26.4 Å². The zero-order chi connectivity index (χ0) is 17.0. The number of carboxylic acid groups (broad SMARTS) is 1. The van der Waals surface area contributed by atoms with Crippen molar-refractivity contribution in [3.05, 3.63) is 45.8 Å². The number of hydrogen-bond acceptors (Lipinski definition) is 5. The maximum Gasteiger partial charge on any atom is 0.325 e. The van der Waals surface area contributed by atoms with Crippen LogP contribution in [0.3, 0.4) is 0 Å². The topological polar surface area (TPSA) is 102 Å². The molecule has 0 aliphatic rings. The maximum absolute atomic E-state index is 11.9. The molecule has 2 N–H and O–H groups in total. The predicted octanol–water partition coefficient (Wildman–Crippen LogP) is 2.53. The van der Waals surface area contributed by atoms with Gasteiger partial charge in [-0.05, 0) is 48.0 Å². The van der Waals surface area contributed by atoms with E-state index in [4.69, 9.17) is 14.4 Å². The van der Waals surface area contributed by atoms with Gasteiger partial charge in [0.15, 0.2) is 5.76 Å². The summed E-state index contributed by atoms with van der Waals surface area (Å²) in [5.41, 5.74) is 1.09. The number of halogens is 1. The van der Waals surface area contributed by atoms with Crippen LogP contribution < -0.4 is 10.1 Å². The largest absolute Gasteiger partial charge is 0.484 e. The zero-order valence-corrected chi connectivity index (χ0v) is 14.1. The average Bonchev–Trinajstić information content (AvgIpc) is 2.91. The standard InChI is InChI=1S/C15H15BrN2O5/c1-8-5-11(23-18-8)7-22-13-4-3-10(6-12(13)16)14(19)17-9(2)15(20)21/h3-6,9H,7H2,1-2H3,(H,17,19)(H,20,21). The zero-order valence-electron chi connectivity index (χ0n) is 12.5. The van der Waals surface area contributed by atoms with Crippen LogP contribution in [0, 0.1) is 6.92 Å². The molecule has 0 aliphatic carbocycles. The lowest BCUT2D eigenvalue weighted by Gasteiger charge is -2.11. The highest BCUT2D eigenvalue weighted by molar-refractivity contribution is 9.10. The molecule has 23 heavy (non-hydrogen) atoms. The van der Waals surface area contributed by atoms with Crippen LogP contribution in [0.1, 0.15) is 28.7 Å². The summed E-state index contributed by atoms with van der Waals surface area (Å²) in [6.07, 6.45) is 0. The summed E-state index contributed by atoms with van der Waals surface area (Å²) in [6, 6.07) is 5.53. The van der Waals surface area contributed by atoms with Crippen molar-refractivity contribution in [3.8, 4) is 5.75 Å². The Labute approximate surface area is 140 Å². The number of aromatic nitrogens is 1. The molecule has 1 atom stereocenters. The SMILES string of the molecule is Cc1cc(COc2ccc(C(=O)NC(C)C(=O)O)cc2Br)on1. The molecular weight excluding hydrogens is 368 g/mol. The van der Waals surface area contributed by atoms with Crippen LogP contribution in [-0.4, -0.2) is 28.2 Å². The summed E-state index contributed by atoms with van der Waals surface area (Å²) in [6.45, 7) is 3.42. The molecule has 0 saturated heterocycles. The minimum atomic E-state index is -1.10. The van der Waals surface area contributed by atoms with Gasteiger partial charge in [0.2, 0.25) is 0 Å². The summed E-state index contributed by atoms with van der Waals surface area (Å²) < 4.78 is 11.2. The highest BCUT2D eigenvalue weighted by atomic mass is 79.9. The Morgan fingerprint density at radius 3 is 2.74 bits per heavy atom. The molecule has 0 fully saturated rings. The Morgan fingerprint density at radius 1 is 1.43 bits per heavy atom. The molecule has 0 bridgehead atoms.